The van der Waals surface area contributed by atoms with Crippen LogP contribution in [0.2, 0.25) is 0 Å². The molecular weight excluding hydrogens is 537 g/mol. The lowest BCUT2D eigenvalue weighted by atomic mass is 9.93. The first-order valence-electron chi connectivity index (χ1n) is 13.2. The van der Waals surface area contributed by atoms with E-state index in [4.69, 9.17) is 9.73 Å². The lowest BCUT2D eigenvalue weighted by Crippen LogP contribution is -2.40. The molecule has 3 aromatic carbocycles. The number of fused-ring (bicyclic) bond motifs is 2. The second kappa shape index (κ2) is 11.0. The van der Waals surface area contributed by atoms with Gasteiger partial charge in [-0.25, -0.2) is 14.2 Å². The maximum absolute atomic E-state index is 14.1. The number of halogens is 1. The maximum atomic E-state index is 14.1. The molecule has 6 nitrogen and oxygen atoms in total. The van der Waals surface area contributed by atoms with Crippen LogP contribution in [-0.2, 0) is 16.1 Å². The minimum atomic E-state index is -0.856. The highest BCUT2D eigenvalue weighted by Gasteiger charge is 2.35. The highest BCUT2D eigenvalue weighted by atomic mass is 32.1. The van der Waals surface area contributed by atoms with Crippen LogP contribution < -0.4 is 14.9 Å². The zero-order chi connectivity index (χ0) is 28.5. The highest BCUT2D eigenvalue weighted by Crippen LogP contribution is 2.35. The number of allylic oxidation sites excluding steroid dienone is 1. The molecule has 3 heterocycles. The van der Waals surface area contributed by atoms with Gasteiger partial charge in [-0.3, -0.25) is 9.36 Å². The van der Waals surface area contributed by atoms with Crippen LogP contribution in [-0.4, -0.2) is 21.7 Å². The van der Waals surface area contributed by atoms with Gasteiger partial charge in [0.1, 0.15) is 5.82 Å². The summed E-state index contributed by atoms with van der Waals surface area (Å²) in [4.78, 5) is 32.9. The second-order valence-electron chi connectivity index (χ2n) is 9.53. The number of esters is 1. The van der Waals surface area contributed by atoms with Crippen molar-refractivity contribution in [1.29, 1.82) is 0 Å². The first-order chi connectivity index (χ1) is 20.0. The molecule has 6 rings (SSSR count). The fourth-order valence-corrected chi connectivity index (χ4v) is 6.21. The number of nitrogens with zero attached hydrogens (tertiary/aromatic N) is 3. The topological polar surface area (TPSA) is 65.6 Å². The van der Waals surface area contributed by atoms with Crippen LogP contribution >= 0.6 is 11.3 Å². The number of ether oxygens (including phenoxy) is 1. The first kappa shape index (κ1) is 26.4. The van der Waals surface area contributed by atoms with Crippen molar-refractivity contribution in [2.24, 2.45) is 4.99 Å². The number of thiazole rings is 1. The lowest BCUT2D eigenvalue weighted by molar-refractivity contribution is -0.138. The van der Waals surface area contributed by atoms with Gasteiger partial charge in [0.05, 0.1) is 28.5 Å². The standard InChI is InChI=1S/C33H26FN3O3S/c1-3-18-36-20-23(25-12-8-9-13-26(25)36)19-27-31(38)37-30(22-14-16-24(34)17-15-22)28(32(39)40-4-2)29(35-33(37)41-27)21-10-6-5-7-11-21/h3,5-17,19-20,30H,1,4,18H2,2H3/b27-19-/t30-/m1/s1. The van der Waals surface area contributed by atoms with Crippen LogP contribution in [0, 0.1) is 5.82 Å². The fourth-order valence-electron chi connectivity index (χ4n) is 5.22. The van der Waals surface area contributed by atoms with Crippen molar-refractivity contribution >= 4 is 40.0 Å². The van der Waals surface area contributed by atoms with Gasteiger partial charge in [-0.1, -0.05) is 78.1 Å². The molecule has 5 aromatic rings. The fraction of sp³-hybridized carbons (Fsp3) is 0.121. The Kier molecular flexibility index (Phi) is 7.07. The van der Waals surface area contributed by atoms with E-state index in [0.29, 0.717) is 32.7 Å². The molecule has 8 heteroatoms. The quantitative estimate of drug-likeness (QED) is 0.202. The molecule has 0 saturated carbocycles. The molecule has 0 N–H and O–H groups in total. The molecule has 2 aromatic heterocycles. The summed E-state index contributed by atoms with van der Waals surface area (Å²) in [6.07, 6.45) is 5.69. The molecule has 0 saturated heterocycles. The molecule has 0 fully saturated rings. The third kappa shape index (κ3) is 4.76. The highest BCUT2D eigenvalue weighted by molar-refractivity contribution is 7.07. The van der Waals surface area contributed by atoms with Gasteiger partial charge in [0.25, 0.3) is 5.56 Å². The van der Waals surface area contributed by atoms with Gasteiger partial charge in [0, 0.05) is 34.8 Å². The van der Waals surface area contributed by atoms with Crippen LogP contribution in [0.1, 0.15) is 29.7 Å². The van der Waals surface area contributed by atoms with Crippen molar-refractivity contribution in [3.63, 3.8) is 0 Å². The number of rotatable bonds is 7. The summed E-state index contributed by atoms with van der Waals surface area (Å²) < 4.78 is 23.5. The van der Waals surface area contributed by atoms with Crippen molar-refractivity contribution < 1.29 is 13.9 Å². The number of hydrogen-bond acceptors (Lipinski definition) is 5. The maximum Gasteiger partial charge on any atom is 0.338 e. The summed E-state index contributed by atoms with van der Waals surface area (Å²) in [6.45, 7) is 6.37. The van der Waals surface area contributed by atoms with Gasteiger partial charge in [-0.05, 0) is 36.8 Å². The molecule has 204 valence electrons. The SMILES string of the molecule is C=CCn1cc(/C=c2\sc3n(c2=O)[C@H](c2ccc(F)cc2)C(C(=O)OCC)=C(c2ccccc2)N=3)c2ccccc21. The molecule has 41 heavy (non-hydrogen) atoms. The predicted octanol–water partition coefficient (Wildman–Crippen LogP) is 5.22. The molecule has 0 radical (unpaired) electrons. The van der Waals surface area contributed by atoms with Crippen LogP contribution in [0.3, 0.4) is 0 Å². The number of carbonyl (C=O) groups excluding carboxylic acids is 1. The van der Waals surface area contributed by atoms with E-state index < -0.39 is 17.8 Å². The largest absolute Gasteiger partial charge is 0.463 e. The van der Waals surface area contributed by atoms with Gasteiger partial charge < -0.3 is 9.30 Å². The Morgan fingerprint density at radius 2 is 1.80 bits per heavy atom. The molecular formula is C33H26FN3O3S. The molecule has 1 atom stereocenters. The van der Waals surface area contributed by atoms with Crippen molar-refractivity contribution in [2.75, 3.05) is 6.61 Å². The van der Waals surface area contributed by atoms with Gasteiger partial charge in [-0.2, -0.15) is 0 Å². The summed E-state index contributed by atoms with van der Waals surface area (Å²) in [7, 11) is 0. The molecule has 0 unspecified atom stereocenters. The van der Waals surface area contributed by atoms with Gasteiger partial charge in [0.15, 0.2) is 4.80 Å². The summed E-state index contributed by atoms with van der Waals surface area (Å²) in [5.41, 5.74) is 3.57. The number of carbonyl (C=O) groups is 1. The number of para-hydroxylation sites is 1. The smallest absolute Gasteiger partial charge is 0.338 e. The van der Waals surface area contributed by atoms with E-state index in [2.05, 4.69) is 11.1 Å². The Morgan fingerprint density at radius 3 is 2.54 bits per heavy atom. The zero-order valence-corrected chi connectivity index (χ0v) is 23.1. The molecule has 0 spiro atoms. The van der Waals surface area contributed by atoms with Crippen molar-refractivity contribution in [2.45, 2.75) is 19.5 Å². The normalized spacial score (nSPS) is 15.1. The summed E-state index contributed by atoms with van der Waals surface area (Å²) in [6, 6.07) is 22.3. The number of benzene rings is 3. The lowest BCUT2D eigenvalue weighted by Gasteiger charge is -2.25. The Bertz CT molecular complexity index is 2000. The van der Waals surface area contributed by atoms with E-state index in [0.717, 1.165) is 16.5 Å². The van der Waals surface area contributed by atoms with E-state index in [1.54, 1.807) is 19.1 Å². The number of aromatic nitrogens is 2. The molecule has 0 aliphatic carbocycles. The second-order valence-corrected chi connectivity index (χ2v) is 10.5. The van der Waals surface area contributed by atoms with E-state index in [1.807, 2.05) is 72.9 Å². The molecule has 1 aliphatic heterocycles. The summed E-state index contributed by atoms with van der Waals surface area (Å²) >= 11 is 1.25. The third-order valence-electron chi connectivity index (χ3n) is 6.99. The first-order valence-corrected chi connectivity index (χ1v) is 14.0. The predicted molar refractivity (Wildman–Crippen MR) is 160 cm³/mol. The van der Waals surface area contributed by atoms with Crippen LogP contribution in [0.5, 0.6) is 0 Å². The van der Waals surface area contributed by atoms with E-state index >= 15 is 0 Å². The van der Waals surface area contributed by atoms with E-state index in [-0.39, 0.29) is 17.7 Å². The Labute approximate surface area is 239 Å². The molecule has 1 aliphatic rings. The van der Waals surface area contributed by atoms with Crippen LogP contribution in [0.25, 0.3) is 22.7 Å². The van der Waals surface area contributed by atoms with Gasteiger partial charge in [0.2, 0.25) is 0 Å². The molecule has 0 amide bonds. The van der Waals surface area contributed by atoms with Crippen LogP contribution in [0.15, 0.2) is 113 Å². The summed E-state index contributed by atoms with van der Waals surface area (Å²) in [5.74, 6) is -0.992. The average Bonchev–Trinajstić information content (AvgIpc) is 3.50. The van der Waals surface area contributed by atoms with Crippen LogP contribution in [0.4, 0.5) is 4.39 Å². The zero-order valence-electron chi connectivity index (χ0n) is 22.3. The Morgan fingerprint density at radius 1 is 1.07 bits per heavy atom. The minimum absolute atomic E-state index is 0.153. The van der Waals surface area contributed by atoms with Gasteiger partial charge in [-0.15, -0.1) is 6.58 Å². The van der Waals surface area contributed by atoms with Crippen molar-refractivity contribution in [3.8, 4) is 0 Å². The third-order valence-corrected chi connectivity index (χ3v) is 7.97. The van der Waals surface area contributed by atoms with E-state index in [1.165, 1.54) is 28.0 Å². The van der Waals surface area contributed by atoms with Crippen molar-refractivity contribution in [1.82, 2.24) is 9.13 Å². The molecule has 0 bridgehead atoms. The average molecular weight is 564 g/mol. The minimum Gasteiger partial charge on any atom is -0.463 e. The monoisotopic (exact) mass is 563 g/mol. The summed E-state index contributed by atoms with van der Waals surface area (Å²) in [5, 5.41) is 1.01. The number of hydrogen-bond donors (Lipinski definition) is 0. The van der Waals surface area contributed by atoms with Gasteiger partial charge >= 0.3 is 5.97 Å². The van der Waals surface area contributed by atoms with E-state index in [9.17, 15) is 14.0 Å². The Hall–Kier alpha value is -4.82. The van der Waals surface area contributed by atoms with Crippen molar-refractivity contribution in [3.05, 3.63) is 145 Å². The Balaban J connectivity index is 1.64.